The molecule has 0 saturated heterocycles. The fourth-order valence-electron chi connectivity index (χ4n) is 3.62. The first-order valence-electron chi connectivity index (χ1n) is 8.49. The van der Waals surface area contributed by atoms with Crippen LogP contribution in [0.4, 0.5) is 0 Å². The Labute approximate surface area is 124 Å². The van der Waals surface area contributed by atoms with Crippen LogP contribution < -0.4 is 5.32 Å². The Bertz CT molecular complexity index is 375. The highest BCUT2D eigenvalue weighted by molar-refractivity contribution is 5.03. The van der Waals surface area contributed by atoms with Crippen molar-refractivity contribution in [3.63, 3.8) is 0 Å². The number of nitrogens with one attached hydrogen (secondary N) is 1. The second kappa shape index (κ2) is 7.82. The van der Waals surface area contributed by atoms with Crippen LogP contribution in [0.5, 0.6) is 0 Å². The quantitative estimate of drug-likeness (QED) is 0.817. The lowest BCUT2D eigenvalue weighted by molar-refractivity contribution is 0.322. The lowest BCUT2D eigenvalue weighted by Crippen LogP contribution is -2.35. The van der Waals surface area contributed by atoms with E-state index in [0.29, 0.717) is 12.1 Å². The Morgan fingerprint density at radius 2 is 1.95 bits per heavy atom. The third-order valence-corrected chi connectivity index (χ3v) is 5.03. The standard InChI is InChI=1S/C17H31N3/c1-4-14(5-2)17(18-3)13-15-11-12-20(19-15)16-9-7-6-8-10-16/h11-12,14,16-18H,4-10,13H2,1-3H3. The zero-order valence-electron chi connectivity index (χ0n) is 13.4. The van der Waals surface area contributed by atoms with Gasteiger partial charge in [-0.3, -0.25) is 4.68 Å². The van der Waals surface area contributed by atoms with E-state index in [-0.39, 0.29) is 0 Å². The number of rotatable bonds is 7. The van der Waals surface area contributed by atoms with Gasteiger partial charge in [-0.05, 0) is 31.9 Å². The molecule has 1 fully saturated rings. The van der Waals surface area contributed by atoms with E-state index in [1.54, 1.807) is 0 Å². The summed E-state index contributed by atoms with van der Waals surface area (Å²) in [5.74, 6) is 0.750. The zero-order valence-corrected chi connectivity index (χ0v) is 13.4. The lowest BCUT2D eigenvalue weighted by Gasteiger charge is -2.24. The predicted octanol–water partition coefficient (Wildman–Crippen LogP) is 3.96. The molecule has 1 N–H and O–H groups in total. The second-order valence-electron chi connectivity index (χ2n) is 6.25. The van der Waals surface area contributed by atoms with Crippen LogP contribution in [0.15, 0.2) is 12.3 Å². The van der Waals surface area contributed by atoms with Crippen molar-refractivity contribution in [2.45, 2.75) is 77.3 Å². The SMILES string of the molecule is CCC(CC)C(Cc1ccn(C2CCCCC2)n1)NC. The molecule has 0 spiro atoms. The van der Waals surface area contributed by atoms with Crippen LogP contribution in [0, 0.1) is 5.92 Å². The largest absolute Gasteiger partial charge is 0.316 e. The average Bonchev–Trinajstić information content (AvgIpc) is 2.97. The van der Waals surface area contributed by atoms with Gasteiger partial charge in [-0.15, -0.1) is 0 Å². The molecule has 1 saturated carbocycles. The maximum atomic E-state index is 4.85. The van der Waals surface area contributed by atoms with Gasteiger partial charge in [0.25, 0.3) is 0 Å². The molecule has 3 heteroatoms. The van der Waals surface area contributed by atoms with E-state index in [4.69, 9.17) is 5.10 Å². The molecule has 114 valence electrons. The van der Waals surface area contributed by atoms with Gasteiger partial charge in [0.2, 0.25) is 0 Å². The minimum absolute atomic E-state index is 0.555. The first-order valence-corrected chi connectivity index (χ1v) is 8.49. The van der Waals surface area contributed by atoms with E-state index in [0.717, 1.165) is 12.3 Å². The smallest absolute Gasteiger partial charge is 0.0640 e. The minimum atomic E-state index is 0.555. The van der Waals surface area contributed by atoms with Crippen LogP contribution in [0.25, 0.3) is 0 Å². The van der Waals surface area contributed by atoms with Gasteiger partial charge in [0.15, 0.2) is 0 Å². The first-order chi connectivity index (χ1) is 9.78. The highest BCUT2D eigenvalue weighted by atomic mass is 15.3. The number of hydrogen-bond acceptors (Lipinski definition) is 2. The lowest BCUT2D eigenvalue weighted by atomic mass is 9.91. The third-order valence-electron chi connectivity index (χ3n) is 5.03. The van der Waals surface area contributed by atoms with Crippen LogP contribution in [0.3, 0.4) is 0 Å². The van der Waals surface area contributed by atoms with Crippen LogP contribution in [0.2, 0.25) is 0 Å². The Kier molecular flexibility index (Phi) is 6.08. The molecule has 0 aromatic carbocycles. The van der Waals surface area contributed by atoms with Crippen molar-refractivity contribution in [1.82, 2.24) is 15.1 Å². The molecule has 1 aromatic rings. The summed E-state index contributed by atoms with van der Waals surface area (Å²) in [5, 5.41) is 8.34. The van der Waals surface area contributed by atoms with Crippen molar-refractivity contribution < 1.29 is 0 Å². The van der Waals surface area contributed by atoms with E-state index < -0.39 is 0 Å². The van der Waals surface area contributed by atoms with Crippen molar-refractivity contribution in [1.29, 1.82) is 0 Å². The van der Waals surface area contributed by atoms with E-state index in [1.807, 2.05) is 0 Å². The topological polar surface area (TPSA) is 29.9 Å². The predicted molar refractivity (Wildman–Crippen MR) is 85.0 cm³/mol. The third kappa shape index (κ3) is 3.85. The van der Waals surface area contributed by atoms with Gasteiger partial charge in [-0.1, -0.05) is 46.0 Å². The maximum absolute atomic E-state index is 4.85. The van der Waals surface area contributed by atoms with Crippen LogP contribution >= 0.6 is 0 Å². The molecular formula is C17H31N3. The number of likely N-dealkylation sites (N-methyl/N-ethyl adjacent to an activating group) is 1. The molecule has 20 heavy (non-hydrogen) atoms. The minimum Gasteiger partial charge on any atom is -0.316 e. The van der Waals surface area contributed by atoms with Crippen molar-refractivity contribution in [3.8, 4) is 0 Å². The summed E-state index contributed by atoms with van der Waals surface area (Å²) in [7, 11) is 2.08. The molecule has 0 aliphatic heterocycles. The Balaban J connectivity index is 1.97. The number of nitrogens with zero attached hydrogens (tertiary/aromatic N) is 2. The van der Waals surface area contributed by atoms with Crippen LogP contribution in [-0.4, -0.2) is 22.9 Å². The summed E-state index contributed by atoms with van der Waals surface area (Å²) < 4.78 is 2.23. The van der Waals surface area contributed by atoms with Crippen LogP contribution in [-0.2, 0) is 6.42 Å². The normalized spacial score (nSPS) is 18.6. The molecule has 1 aliphatic carbocycles. The molecule has 2 rings (SSSR count). The van der Waals surface area contributed by atoms with Gasteiger partial charge < -0.3 is 5.32 Å². The van der Waals surface area contributed by atoms with Crippen molar-refractivity contribution in [2.24, 2.45) is 5.92 Å². The molecule has 0 bridgehead atoms. The Hall–Kier alpha value is -0.830. The summed E-state index contributed by atoms with van der Waals surface area (Å²) in [6.07, 6.45) is 12.5. The molecule has 1 aromatic heterocycles. The molecular weight excluding hydrogens is 246 g/mol. The molecule has 0 amide bonds. The number of aromatic nitrogens is 2. The molecule has 0 radical (unpaired) electrons. The van der Waals surface area contributed by atoms with E-state index in [2.05, 4.69) is 43.2 Å². The van der Waals surface area contributed by atoms with Gasteiger partial charge >= 0.3 is 0 Å². The monoisotopic (exact) mass is 277 g/mol. The van der Waals surface area contributed by atoms with Crippen molar-refractivity contribution in [2.75, 3.05) is 7.05 Å². The van der Waals surface area contributed by atoms with E-state index in [9.17, 15) is 0 Å². The van der Waals surface area contributed by atoms with E-state index in [1.165, 1.54) is 50.6 Å². The van der Waals surface area contributed by atoms with E-state index >= 15 is 0 Å². The second-order valence-corrected chi connectivity index (χ2v) is 6.25. The van der Waals surface area contributed by atoms with Gasteiger partial charge in [0.05, 0.1) is 11.7 Å². The molecule has 1 heterocycles. The van der Waals surface area contributed by atoms with Gasteiger partial charge in [0, 0.05) is 18.7 Å². The summed E-state index contributed by atoms with van der Waals surface area (Å²) in [6, 6.07) is 3.43. The maximum Gasteiger partial charge on any atom is 0.0640 e. The molecule has 3 nitrogen and oxygen atoms in total. The van der Waals surface area contributed by atoms with Gasteiger partial charge in [-0.25, -0.2) is 0 Å². The number of hydrogen-bond donors (Lipinski definition) is 1. The fourth-order valence-corrected chi connectivity index (χ4v) is 3.62. The Morgan fingerprint density at radius 1 is 1.25 bits per heavy atom. The van der Waals surface area contributed by atoms with Crippen LogP contribution in [0.1, 0.15) is 70.5 Å². The zero-order chi connectivity index (χ0) is 14.4. The summed E-state index contributed by atoms with van der Waals surface area (Å²) in [5.41, 5.74) is 1.25. The average molecular weight is 277 g/mol. The fraction of sp³-hybridized carbons (Fsp3) is 0.824. The van der Waals surface area contributed by atoms with Gasteiger partial charge in [-0.2, -0.15) is 5.10 Å². The molecule has 1 unspecified atom stereocenters. The van der Waals surface area contributed by atoms with Crippen molar-refractivity contribution in [3.05, 3.63) is 18.0 Å². The highest BCUT2D eigenvalue weighted by Crippen LogP contribution is 2.27. The highest BCUT2D eigenvalue weighted by Gasteiger charge is 2.20. The Morgan fingerprint density at radius 3 is 2.55 bits per heavy atom. The summed E-state index contributed by atoms with van der Waals surface area (Å²) in [4.78, 5) is 0. The molecule has 1 atom stereocenters. The van der Waals surface area contributed by atoms with Gasteiger partial charge in [0.1, 0.15) is 0 Å². The summed E-state index contributed by atoms with van der Waals surface area (Å²) in [6.45, 7) is 4.58. The van der Waals surface area contributed by atoms with Crippen molar-refractivity contribution >= 4 is 0 Å². The molecule has 1 aliphatic rings. The summed E-state index contributed by atoms with van der Waals surface area (Å²) >= 11 is 0. The first kappa shape index (κ1) is 15.6.